The molecule has 15 heavy (non-hydrogen) atoms. The molecule has 4 aliphatic carbocycles. The molecule has 0 amide bonds. The minimum Gasteiger partial charge on any atom is -0.385 e. The van der Waals surface area contributed by atoms with E-state index >= 15 is 0 Å². The monoisotopic (exact) mass is 202 g/mol. The summed E-state index contributed by atoms with van der Waals surface area (Å²) in [6, 6.07) is 0. The molecule has 4 aliphatic rings. The van der Waals surface area contributed by atoms with Crippen LogP contribution in [0.1, 0.15) is 39.0 Å². The van der Waals surface area contributed by atoms with E-state index in [1.165, 1.54) is 6.42 Å². The Hall–Kier alpha value is -0.740. The zero-order valence-corrected chi connectivity index (χ0v) is 9.34. The summed E-state index contributed by atoms with van der Waals surface area (Å²) >= 11 is 0. The van der Waals surface area contributed by atoms with Crippen LogP contribution < -0.4 is 0 Å². The van der Waals surface area contributed by atoms with Crippen molar-refractivity contribution in [2.75, 3.05) is 0 Å². The molecular formula is C14H18O. The molecule has 0 aromatic heterocycles. The van der Waals surface area contributed by atoms with E-state index in [9.17, 15) is 5.11 Å². The minimum atomic E-state index is -0.575. The van der Waals surface area contributed by atoms with Crippen molar-refractivity contribution in [1.29, 1.82) is 0 Å². The lowest BCUT2D eigenvalue weighted by atomic mass is 9.46. The number of hydrogen-bond acceptors (Lipinski definition) is 1. The summed E-state index contributed by atoms with van der Waals surface area (Å²) in [4.78, 5) is 0. The SMILES string of the molecule is C=C1C2(O)CC3CC(C2)CC1(C#CC)C3. The van der Waals surface area contributed by atoms with Crippen LogP contribution in [0.2, 0.25) is 0 Å². The molecule has 0 spiro atoms. The number of aliphatic hydroxyl groups is 1. The topological polar surface area (TPSA) is 20.2 Å². The van der Waals surface area contributed by atoms with Gasteiger partial charge in [-0.25, -0.2) is 0 Å². The highest BCUT2D eigenvalue weighted by molar-refractivity contribution is 5.39. The summed E-state index contributed by atoms with van der Waals surface area (Å²) in [6.07, 6.45) is 5.48. The molecule has 80 valence electrons. The molecule has 1 nitrogen and oxygen atoms in total. The Morgan fingerprint density at radius 2 is 1.87 bits per heavy atom. The average molecular weight is 202 g/mol. The molecular weight excluding hydrogens is 184 g/mol. The third kappa shape index (κ3) is 1.09. The third-order valence-corrected chi connectivity index (χ3v) is 4.70. The molecule has 0 radical (unpaired) electrons. The molecule has 4 bridgehead atoms. The van der Waals surface area contributed by atoms with E-state index in [0.717, 1.165) is 31.3 Å². The fourth-order valence-corrected chi connectivity index (χ4v) is 4.41. The van der Waals surface area contributed by atoms with E-state index in [1.807, 2.05) is 6.92 Å². The van der Waals surface area contributed by atoms with E-state index < -0.39 is 5.60 Å². The summed E-state index contributed by atoms with van der Waals surface area (Å²) in [5.74, 6) is 7.78. The molecule has 0 aromatic carbocycles. The lowest BCUT2D eigenvalue weighted by molar-refractivity contribution is -0.0931. The van der Waals surface area contributed by atoms with Gasteiger partial charge in [-0.05, 0) is 56.4 Å². The molecule has 0 aliphatic heterocycles. The lowest BCUT2D eigenvalue weighted by Crippen LogP contribution is -2.56. The Morgan fingerprint density at radius 1 is 1.27 bits per heavy atom. The maximum absolute atomic E-state index is 10.6. The molecule has 2 unspecified atom stereocenters. The zero-order valence-electron chi connectivity index (χ0n) is 9.34. The second kappa shape index (κ2) is 2.68. The Bertz CT molecular complexity index is 368. The van der Waals surface area contributed by atoms with Crippen LogP contribution in [-0.2, 0) is 0 Å². The van der Waals surface area contributed by atoms with Crippen LogP contribution in [0, 0.1) is 29.1 Å². The van der Waals surface area contributed by atoms with Gasteiger partial charge in [0.25, 0.3) is 0 Å². The van der Waals surface area contributed by atoms with Crippen molar-refractivity contribution in [3.05, 3.63) is 12.2 Å². The van der Waals surface area contributed by atoms with Crippen molar-refractivity contribution in [2.24, 2.45) is 17.3 Å². The molecule has 0 aromatic rings. The predicted molar refractivity (Wildman–Crippen MR) is 60.0 cm³/mol. The van der Waals surface area contributed by atoms with Crippen molar-refractivity contribution >= 4 is 0 Å². The van der Waals surface area contributed by atoms with Gasteiger partial charge in [-0.2, -0.15) is 0 Å². The van der Waals surface area contributed by atoms with Crippen LogP contribution in [0.3, 0.4) is 0 Å². The first-order chi connectivity index (χ1) is 7.08. The third-order valence-electron chi connectivity index (χ3n) is 4.70. The van der Waals surface area contributed by atoms with Gasteiger partial charge in [0, 0.05) is 0 Å². The average Bonchev–Trinajstić information content (AvgIpc) is 2.13. The van der Waals surface area contributed by atoms with Crippen molar-refractivity contribution in [1.82, 2.24) is 0 Å². The van der Waals surface area contributed by atoms with E-state index in [1.54, 1.807) is 0 Å². The van der Waals surface area contributed by atoms with E-state index in [0.29, 0.717) is 11.8 Å². The zero-order chi connectivity index (χ0) is 10.7. The van der Waals surface area contributed by atoms with Crippen LogP contribution in [-0.4, -0.2) is 10.7 Å². The van der Waals surface area contributed by atoms with Crippen LogP contribution in [0.25, 0.3) is 0 Å². The van der Waals surface area contributed by atoms with Gasteiger partial charge in [0.05, 0.1) is 11.0 Å². The molecule has 2 atom stereocenters. The highest BCUT2D eigenvalue weighted by atomic mass is 16.3. The molecule has 4 saturated carbocycles. The van der Waals surface area contributed by atoms with Gasteiger partial charge in [0.15, 0.2) is 0 Å². The summed E-state index contributed by atoms with van der Waals surface area (Å²) in [5.41, 5.74) is 0.415. The fourth-order valence-electron chi connectivity index (χ4n) is 4.41. The van der Waals surface area contributed by atoms with Crippen LogP contribution in [0.15, 0.2) is 12.2 Å². The highest BCUT2D eigenvalue weighted by Gasteiger charge is 2.59. The second-order valence-corrected chi connectivity index (χ2v) is 5.75. The minimum absolute atomic E-state index is 0.0341. The maximum atomic E-state index is 10.6. The van der Waals surface area contributed by atoms with Crippen molar-refractivity contribution < 1.29 is 5.11 Å². The van der Waals surface area contributed by atoms with E-state index in [2.05, 4.69) is 18.4 Å². The first kappa shape index (κ1) is 9.48. The van der Waals surface area contributed by atoms with E-state index in [4.69, 9.17) is 0 Å². The van der Waals surface area contributed by atoms with Crippen molar-refractivity contribution in [3.8, 4) is 11.8 Å². The largest absolute Gasteiger partial charge is 0.385 e. The first-order valence-electron chi connectivity index (χ1n) is 5.94. The van der Waals surface area contributed by atoms with Crippen molar-refractivity contribution in [2.45, 2.75) is 44.6 Å². The van der Waals surface area contributed by atoms with Crippen LogP contribution in [0.4, 0.5) is 0 Å². The summed E-state index contributed by atoms with van der Waals surface area (Å²) < 4.78 is 0. The Balaban J connectivity index is 2.09. The molecule has 0 heterocycles. The Labute approximate surface area is 91.6 Å². The van der Waals surface area contributed by atoms with Gasteiger partial charge in [-0.1, -0.05) is 12.5 Å². The summed E-state index contributed by atoms with van der Waals surface area (Å²) in [5, 5.41) is 10.6. The van der Waals surface area contributed by atoms with Gasteiger partial charge in [0.1, 0.15) is 0 Å². The van der Waals surface area contributed by atoms with Gasteiger partial charge < -0.3 is 5.11 Å². The first-order valence-corrected chi connectivity index (χ1v) is 5.94. The molecule has 4 rings (SSSR count). The Morgan fingerprint density at radius 3 is 2.40 bits per heavy atom. The second-order valence-electron chi connectivity index (χ2n) is 5.75. The molecule has 4 fully saturated rings. The maximum Gasteiger partial charge on any atom is 0.0874 e. The van der Waals surface area contributed by atoms with E-state index in [-0.39, 0.29) is 5.41 Å². The highest BCUT2D eigenvalue weighted by Crippen LogP contribution is 2.63. The standard InChI is InChI=1S/C14H18O/c1-3-4-13-6-11-5-12(7-13)9-14(15,8-11)10(13)2/h11-12,15H,2,5-9H2,1H3. The summed E-state index contributed by atoms with van der Waals surface area (Å²) in [7, 11) is 0. The van der Waals surface area contributed by atoms with Gasteiger partial charge >= 0.3 is 0 Å². The molecule has 1 N–H and O–H groups in total. The normalized spacial score (nSPS) is 51.5. The van der Waals surface area contributed by atoms with Crippen molar-refractivity contribution in [3.63, 3.8) is 0 Å². The number of hydrogen-bond donors (Lipinski definition) is 1. The van der Waals surface area contributed by atoms with Gasteiger partial charge in [-0.3, -0.25) is 0 Å². The molecule has 1 heteroatoms. The number of rotatable bonds is 0. The summed E-state index contributed by atoms with van der Waals surface area (Å²) in [6.45, 7) is 6.06. The molecule has 0 saturated heterocycles. The van der Waals surface area contributed by atoms with Crippen LogP contribution >= 0.6 is 0 Å². The Kier molecular flexibility index (Phi) is 1.70. The van der Waals surface area contributed by atoms with Crippen LogP contribution in [0.5, 0.6) is 0 Å². The fraction of sp³-hybridized carbons (Fsp3) is 0.714. The van der Waals surface area contributed by atoms with Gasteiger partial charge in [0.2, 0.25) is 0 Å². The quantitative estimate of drug-likeness (QED) is 0.472. The lowest BCUT2D eigenvalue weighted by Gasteiger charge is -2.59. The smallest absolute Gasteiger partial charge is 0.0874 e. The van der Waals surface area contributed by atoms with Gasteiger partial charge in [-0.15, -0.1) is 5.92 Å². The predicted octanol–water partition coefficient (Wildman–Crippen LogP) is 2.51.